The molecule has 0 bridgehead atoms. The van der Waals surface area contributed by atoms with Gasteiger partial charge in [-0.1, -0.05) is 34.8 Å². The highest BCUT2D eigenvalue weighted by Crippen LogP contribution is 2.28. The molecule has 2 atom stereocenters. The number of hydrogen-bond donors (Lipinski definition) is 1. The van der Waals surface area contributed by atoms with E-state index in [1.807, 2.05) is 0 Å². The van der Waals surface area contributed by atoms with Crippen molar-refractivity contribution in [2.75, 3.05) is 6.54 Å². The molecule has 1 aliphatic rings. The maximum Gasteiger partial charge on any atom is 0.124 e. The molecule has 1 saturated carbocycles. The van der Waals surface area contributed by atoms with Crippen LogP contribution in [0, 0.1) is 11.7 Å². The van der Waals surface area contributed by atoms with Crippen LogP contribution in [0.4, 0.5) is 4.39 Å². The summed E-state index contributed by atoms with van der Waals surface area (Å²) in [6.45, 7) is 1.21. The molecule has 1 aromatic carbocycles. The lowest BCUT2D eigenvalue weighted by Gasteiger charge is -2.30. The molecular formula is C14H19BrFNO. The first kappa shape index (κ1) is 14.0. The maximum absolute atomic E-state index is 13.0. The summed E-state index contributed by atoms with van der Waals surface area (Å²) in [6, 6.07) is 4.70. The SMILES string of the molecule is NCC1CCCCC1OCc1ccc(F)cc1Br. The smallest absolute Gasteiger partial charge is 0.124 e. The molecule has 0 aromatic heterocycles. The summed E-state index contributed by atoms with van der Waals surface area (Å²) in [6.07, 6.45) is 4.96. The van der Waals surface area contributed by atoms with E-state index in [4.69, 9.17) is 10.5 Å². The molecule has 2 nitrogen and oxygen atoms in total. The Morgan fingerprint density at radius 2 is 2.11 bits per heavy atom. The first-order valence-electron chi connectivity index (χ1n) is 6.46. The monoisotopic (exact) mass is 315 g/mol. The van der Waals surface area contributed by atoms with Crippen LogP contribution in [-0.4, -0.2) is 12.6 Å². The number of nitrogens with two attached hydrogens (primary N) is 1. The zero-order chi connectivity index (χ0) is 13.0. The van der Waals surface area contributed by atoms with E-state index in [0.29, 0.717) is 19.1 Å². The molecule has 0 amide bonds. The van der Waals surface area contributed by atoms with Crippen LogP contribution in [0.5, 0.6) is 0 Å². The maximum atomic E-state index is 13.0. The quantitative estimate of drug-likeness (QED) is 0.921. The van der Waals surface area contributed by atoms with Crippen molar-refractivity contribution in [2.45, 2.75) is 38.4 Å². The zero-order valence-electron chi connectivity index (χ0n) is 10.4. The minimum Gasteiger partial charge on any atom is -0.373 e. The normalized spacial score (nSPS) is 24.2. The summed E-state index contributed by atoms with van der Waals surface area (Å²) in [7, 11) is 0. The van der Waals surface area contributed by atoms with Crippen LogP contribution in [-0.2, 0) is 11.3 Å². The fraction of sp³-hybridized carbons (Fsp3) is 0.571. The van der Waals surface area contributed by atoms with E-state index in [1.165, 1.54) is 25.0 Å². The summed E-state index contributed by atoms with van der Waals surface area (Å²) in [5, 5.41) is 0. The minimum atomic E-state index is -0.233. The highest BCUT2D eigenvalue weighted by Gasteiger charge is 2.24. The average molecular weight is 316 g/mol. The fourth-order valence-corrected chi connectivity index (χ4v) is 2.96. The van der Waals surface area contributed by atoms with Gasteiger partial charge in [-0.25, -0.2) is 4.39 Å². The van der Waals surface area contributed by atoms with Gasteiger partial charge in [-0.2, -0.15) is 0 Å². The van der Waals surface area contributed by atoms with Crippen LogP contribution in [0.25, 0.3) is 0 Å². The first-order valence-corrected chi connectivity index (χ1v) is 7.25. The average Bonchev–Trinajstić information content (AvgIpc) is 2.38. The molecular weight excluding hydrogens is 297 g/mol. The summed E-state index contributed by atoms with van der Waals surface area (Å²) in [4.78, 5) is 0. The molecule has 0 radical (unpaired) electrons. The summed E-state index contributed by atoms with van der Waals surface area (Å²) < 4.78 is 19.7. The largest absolute Gasteiger partial charge is 0.373 e. The van der Waals surface area contributed by atoms with Crippen LogP contribution in [0.15, 0.2) is 22.7 Å². The number of halogens is 2. The van der Waals surface area contributed by atoms with Crippen molar-refractivity contribution in [3.8, 4) is 0 Å². The van der Waals surface area contributed by atoms with Crippen molar-refractivity contribution in [1.82, 2.24) is 0 Å². The molecule has 4 heteroatoms. The van der Waals surface area contributed by atoms with Crippen molar-refractivity contribution in [3.63, 3.8) is 0 Å². The molecule has 18 heavy (non-hydrogen) atoms. The van der Waals surface area contributed by atoms with Gasteiger partial charge in [0.1, 0.15) is 5.82 Å². The Kier molecular flexibility index (Phi) is 5.15. The Hall–Kier alpha value is -0.450. The lowest BCUT2D eigenvalue weighted by Crippen LogP contribution is -2.33. The molecule has 2 unspecified atom stereocenters. The third kappa shape index (κ3) is 3.53. The molecule has 0 heterocycles. The summed E-state index contributed by atoms with van der Waals surface area (Å²) >= 11 is 3.36. The second kappa shape index (κ2) is 6.64. The van der Waals surface area contributed by atoms with Crippen LogP contribution in [0.3, 0.4) is 0 Å². The Balaban J connectivity index is 1.93. The third-order valence-corrected chi connectivity index (χ3v) is 4.35. The number of hydrogen-bond acceptors (Lipinski definition) is 2. The van der Waals surface area contributed by atoms with Crippen molar-refractivity contribution in [1.29, 1.82) is 0 Å². The Morgan fingerprint density at radius 1 is 1.33 bits per heavy atom. The lowest BCUT2D eigenvalue weighted by molar-refractivity contribution is -0.0185. The summed E-state index contributed by atoms with van der Waals surface area (Å²) in [5.74, 6) is 0.237. The molecule has 0 aliphatic heterocycles. The van der Waals surface area contributed by atoms with Crippen LogP contribution >= 0.6 is 15.9 Å². The second-order valence-corrected chi connectivity index (χ2v) is 5.72. The van der Waals surface area contributed by atoms with E-state index >= 15 is 0 Å². The van der Waals surface area contributed by atoms with Gasteiger partial charge in [0.15, 0.2) is 0 Å². The van der Waals surface area contributed by atoms with Gasteiger partial charge in [-0.3, -0.25) is 0 Å². The number of rotatable bonds is 4. The van der Waals surface area contributed by atoms with Crippen LogP contribution < -0.4 is 5.73 Å². The highest BCUT2D eigenvalue weighted by atomic mass is 79.9. The van der Waals surface area contributed by atoms with Crippen molar-refractivity contribution >= 4 is 15.9 Å². The molecule has 0 spiro atoms. The second-order valence-electron chi connectivity index (χ2n) is 4.87. The molecule has 100 valence electrons. The molecule has 0 saturated heterocycles. The van der Waals surface area contributed by atoms with Gasteiger partial charge in [0, 0.05) is 4.47 Å². The van der Waals surface area contributed by atoms with Crippen LogP contribution in [0.2, 0.25) is 0 Å². The first-order chi connectivity index (χ1) is 8.70. The van der Waals surface area contributed by atoms with Crippen LogP contribution in [0.1, 0.15) is 31.2 Å². The lowest BCUT2D eigenvalue weighted by atomic mass is 9.86. The fourth-order valence-electron chi connectivity index (χ4n) is 2.50. The predicted octanol–water partition coefficient (Wildman–Crippen LogP) is 3.62. The number of ether oxygens (including phenoxy) is 1. The van der Waals surface area contributed by atoms with Gasteiger partial charge in [-0.15, -0.1) is 0 Å². The molecule has 1 aliphatic carbocycles. The highest BCUT2D eigenvalue weighted by molar-refractivity contribution is 9.10. The van der Waals surface area contributed by atoms with Crippen molar-refractivity contribution in [3.05, 3.63) is 34.1 Å². The molecule has 2 rings (SSSR count). The Labute approximate surface area is 116 Å². The van der Waals surface area contributed by atoms with E-state index in [9.17, 15) is 4.39 Å². The standard InChI is InChI=1S/C14H19BrFNO/c15-13-7-12(16)6-5-11(13)9-18-14-4-2-1-3-10(14)8-17/h5-7,10,14H,1-4,8-9,17H2. The van der Waals surface area contributed by atoms with Gasteiger partial charge in [-0.05, 0) is 43.0 Å². The van der Waals surface area contributed by atoms with Gasteiger partial charge < -0.3 is 10.5 Å². The topological polar surface area (TPSA) is 35.2 Å². The van der Waals surface area contributed by atoms with Gasteiger partial charge in [0.25, 0.3) is 0 Å². The third-order valence-electron chi connectivity index (χ3n) is 3.61. The van der Waals surface area contributed by atoms with Gasteiger partial charge in [0.05, 0.1) is 12.7 Å². The molecule has 1 aromatic rings. The van der Waals surface area contributed by atoms with E-state index in [0.717, 1.165) is 22.9 Å². The van der Waals surface area contributed by atoms with E-state index < -0.39 is 0 Å². The number of benzene rings is 1. The predicted molar refractivity (Wildman–Crippen MR) is 73.7 cm³/mol. The van der Waals surface area contributed by atoms with E-state index in [2.05, 4.69) is 15.9 Å². The Bertz CT molecular complexity index is 399. The minimum absolute atomic E-state index is 0.233. The Morgan fingerprint density at radius 3 is 2.83 bits per heavy atom. The van der Waals surface area contributed by atoms with E-state index in [1.54, 1.807) is 6.07 Å². The summed E-state index contributed by atoms with van der Waals surface area (Å²) in [5.41, 5.74) is 6.76. The molecule has 1 fully saturated rings. The van der Waals surface area contributed by atoms with Crippen molar-refractivity contribution in [2.24, 2.45) is 11.7 Å². The van der Waals surface area contributed by atoms with Gasteiger partial charge in [0.2, 0.25) is 0 Å². The van der Waals surface area contributed by atoms with Gasteiger partial charge >= 0.3 is 0 Å². The molecule has 2 N–H and O–H groups in total. The van der Waals surface area contributed by atoms with Crippen molar-refractivity contribution < 1.29 is 9.13 Å². The van der Waals surface area contributed by atoms with E-state index in [-0.39, 0.29) is 11.9 Å². The zero-order valence-corrected chi connectivity index (χ0v) is 12.0.